The molecule has 0 saturated heterocycles. The summed E-state index contributed by atoms with van der Waals surface area (Å²) < 4.78 is 5.21. The molecule has 3 aromatic rings. The lowest BCUT2D eigenvalue weighted by Gasteiger charge is -2.13. The predicted octanol–water partition coefficient (Wildman–Crippen LogP) is 4.41. The molecule has 4 rings (SSSR count). The van der Waals surface area contributed by atoms with E-state index >= 15 is 0 Å². The van der Waals surface area contributed by atoms with Crippen molar-refractivity contribution in [3.8, 4) is 0 Å². The van der Waals surface area contributed by atoms with Gasteiger partial charge in [-0.1, -0.05) is 29.8 Å². The van der Waals surface area contributed by atoms with Crippen molar-refractivity contribution in [2.45, 2.75) is 6.61 Å². The molecule has 1 aliphatic rings. The second kappa shape index (κ2) is 8.00. The highest BCUT2D eigenvalue weighted by Crippen LogP contribution is 2.30. The molecular weight excluding hydrogens is 424 g/mol. The molecule has 0 bridgehead atoms. The fourth-order valence-electron chi connectivity index (χ4n) is 3.21. The van der Waals surface area contributed by atoms with E-state index in [1.54, 1.807) is 24.3 Å². The number of nitro groups is 1. The second-order valence-electron chi connectivity index (χ2n) is 6.69. The molecule has 0 unspecified atom stereocenters. The summed E-state index contributed by atoms with van der Waals surface area (Å²) in [6.07, 6.45) is 0. The van der Waals surface area contributed by atoms with Crippen LogP contribution >= 0.6 is 11.6 Å². The summed E-state index contributed by atoms with van der Waals surface area (Å²) in [5, 5.41) is 11.2. The lowest BCUT2D eigenvalue weighted by atomic mass is 10.1. The van der Waals surface area contributed by atoms with E-state index in [1.807, 2.05) is 0 Å². The Morgan fingerprint density at radius 3 is 2.45 bits per heavy atom. The van der Waals surface area contributed by atoms with Gasteiger partial charge >= 0.3 is 5.97 Å². The van der Waals surface area contributed by atoms with E-state index in [0.717, 1.165) is 4.90 Å². The van der Waals surface area contributed by atoms with Crippen LogP contribution in [0.3, 0.4) is 0 Å². The van der Waals surface area contributed by atoms with Crippen LogP contribution in [-0.4, -0.2) is 22.7 Å². The first-order chi connectivity index (χ1) is 14.8. The second-order valence-corrected chi connectivity index (χ2v) is 7.13. The number of nitrogens with zero attached hydrogens (tertiary/aromatic N) is 2. The maximum atomic E-state index is 12.8. The summed E-state index contributed by atoms with van der Waals surface area (Å²) in [5.41, 5.74) is 0.986. The summed E-state index contributed by atoms with van der Waals surface area (Å²) in [6.45, 7) is -0.181. The van der Waals surface area contributed by atoms with Gasteiger partial charge in [0.05, 0.1) is 27.3 Å². The van der Waals surface area contributed by atoms with Gasteiger partial charge in [-0.2, -0.15) is 0 Å². The molecule has 0 saturated carbocycles. The number of rotatable bonds is 5. The van der Waals surface area contributed by atoms with Gasteiger partial charge in [-0.3, -0.25) is 19.7 Å². The maximum Gasteiger partial charge on any atom is 0.338 e. The minimum atomic E-state index is -0.726. The van der Waals surface area contributed by atoms with Crippen LogP contribution in [-0.2, 0) is 11.3 Å². The quantitative estimate of drug-likeness (QED) is 0.254. The molecule has 0 aromatic heterocycles. The van der Waals surface area contributed by atoms with Crippen LogP contribution in [0.25, 0.3) is 0 Å². The smallest absolute Gasteiger partial charge is 0.338 e. The van der Waals surface area contributed by atoms with Gasteiger partial charge in [0.2, 0.25) is 0 Å². The molecule has 3 aromatic carbocycles. The third kappa shape index (κ3) is 3.88. The molecule has 31 heavy (non-hydrogen) atoms. The highest BCUT2D eigenvalue weighted by atomic mass is 35.5. The van der Waals surface area contributed by atoms with Crippen LogP contribution < -0.4 is 4.90 Å². The molecule has 2 amide bonds. The number of halogens is 1. The number of imide groups is 1. The lowest BCUT2D eigenvalue weighted by Crippen LogP contribution is -2.29. The summed E-state index contributed by atoms with van der Waals surface area (Å²) in [6, 6.07) is 16.1. The van der Waals surface area contributed by atoms with E-state index < -0.39 is 22.7 Å². The van der Waals surface area contributed by atoms with Crippen molar-refractivity contribution in [1.29, 1.82) is 0 Å². The number of anilines is 1. The number of carbonyl (C=O) groups is 3. The number of nitro benzene ring substituents is 1. The molecule has 0 fully saturated rings. The molecule has 9 heteroatoms. The molecule has 1 aliphatic heterocycles. The van der Waals surface area contributed by atoms with Gasteiger partial charge in [0, 0.05) is 17.2 Å². The fourth-order valence-corrected chi connectivity index (χ4v) is 3.39. The van der Waals surface area contributed by atoms with Crippen molar-refractivity contribution in [3.05, 3.63) is 104 Å². The third-order valence-electron chi connectivity index (χ3n) is 4.68. The monoisotopic (exact) mass is 436 g/mol. The molecule has 1 heterocycles. The summed E-state index contributed by atoms with van der Waals surface area (Å²) in [7, 11) is 0. The molecule has 0 N–H and O–H groups in total. The Morgan fingerprint density at radius 2 is 1.71 bits per heavy atom. The van der Waals surface area contributed by atoms with Crippen LogP contribution in [0.1, 0.15) is 36.6 Å². The minimum Gasteiger partial charge on any atom is -0.457 e. The van der Waals surface area contributed by atoms with E-state index in [4.69, 9.17) is 16.3 Å². The van der Waals surface area contributed by atoms with Gasteiger partial charge in [0.25, 0.3) is 17.5 Å². The number of amides is 2. The number of benzene rings is 3. The Hall–Kier alpha value is -4.04. The molecule has 8 nitrogen and oxygen atoms in total. The highest BCUT2D eigenvalue weighted by molar-refractivity contribution is 6.35. The predicted molar refractivity (Wildman–Crippen MR) is 111 cm³/mol. The van der Waals surface area contributed by atoms with E-state index in [9.17, 15) is 24.5 Å². The van der Waals surface area contributed by atoms with E-state index in [2.05, 4.69) is 0 Å². The van der Waals surface area contributed by atoms with Gasteiger partial charge in [0.15, 0.2) is 0 Å². The summed E-state index contributed by atoms with van der Waals surface area (Å²) in [4.78, 5) is 49.3. The van der Waals surface area contributed by atoms with Crippen LogP contribution in [0, 0.1) is 10.1 Å². The number of hydrogen-bond acceptors (Lipinski definition) is 6. The summed E-state index contributed by atoms with van der Waals surface area (Å²) >= 11 is 5.96. The average molecular weight is 437 g/mol. The van der Waals surface area contributed by atoms with Gasteiger partial charge < -0.3 is 4.74 Å². The van der Waals surface area contributed by atoms with Crippen LogP contribution in [0.4, 0.5) is 11.4 Å². The molecular formula is C22H13ClN2O6. The van der Waals surface area contributed by atoms with Crippen molar-refractivity contribution in [2.75, 3.05) is 4.90 Å². The van der Waals surface area contributed by atoms with Crippen molar-refractivity contribution >= 4 is 40.8 Å². The van der Waals surface area contributed by atoms with Crippen LogP contribution in [0.15, 0.2) is 66.7 Å². The van der Waals surface area contributed by atoms with Crippen LogP contribution in [0.5, 0.6) is 0 Å². The van der Waals surface area contributed by atoms with Crippen molar-refractivity contribution < 1.29 is 24.0 Å². The van der Waals surface area contributed by atoms with E-state index in [0.29, 0.717) is 16.3 Å². The van der Waals surface area contributed by atoms with Crippen LogP contribution in [0.2, 0.25) is 5.02 Å². The average Bonchev–Trinajstić information content (AvgIpc) is 3.01. The highest BCUT2D eigenvalue weighted by Gasteiger charge is 2.37. The SMILES string of the molecule is O=C(OCc1cccc([N+](=O)[O-])c1)c1ccc2c(c1)C(=O)N(c1cccc(Cl)c1)C2=O. The Labute approximate surface area is 180 Å². The fraction of sp³-hybridized carbons (Fsp3) is 0.0455. The number of esters is 1. The van der Waals surface area contributed by atoms with E-state index in [1.165, 1.54) is 42.5 Å². The molecule has 0 spiro atoms. The number of hydrogen-bond donors (Lipinski definition) is 0. The zero-order valence-electron chi connectivity index (χ0n) is 15.8. The normalized spacial score (nSPS) is 12.6. The van der Waals surface area contributed by atoms with Gasteiger partial charge in [0.1, 0.15) is 6.61 Å². The zero-order chi connectivity index (χ0) is 22.1. The van der Waals surface area contributed by atoms with Crippen molar-refractivity contribution in [2.24, 2.45) is 0 Å². The largest absolute Gasteiger partial charge is 0.457 e. The first-order valence-electron chi connectivity index (χ1n) is 9.04. The number of non-ortho nitro benzene ring substituents is 1. The number of fused-ring (bicyclic) bond motifs is 1. The Bertz CT molecular complexity index is 1260. The summed E-state index contributed by atoms with van der Waals surface area (Å²) in [5.74, 6) is -1.81. The van der Waals surface area contributed by atoms with Crippen molar-refractivity contribution in [3.63, 3.8) is 0 Å². The Kier molecular flexibility index (Phi) is 5.22. The standard InChI is InChI=1S/C22H13ClN2O6/c23-15-4-2-5-16(11-15)24-20(26)18-8-7-14(10-19(18)21(24)27)22(28)31-12-13-3-1-6-17(9-13)25(29)30/h1-11H,12H2. The Balaban J connectivity index is 1.54. The molecule has 0 radical (unpaired) electrons. The Morgan fingerprint density at radius 1 is 0.968 bits per heavy atom. The first-order valence-corrected chi connectivity index (χ1v) is 9.42. The lowest BCUT2D eigenvalue weighted by molar-refractivity contribution is -0.384. The molecule has 0 aliphatic carbocycles. The zero-order valence-corrected chi connectivity index (χ0v) is 16.5. The van der Waals surface area contributed by atoms with Gasteiger partial charge in [-0.25, -0.2) is 9.69 Å². The van der Waals surface area contributed by atoms with Crippen molar-refractivity contribution in [1.82, 2.24) is 0 Å². The van der Waals surface area contributed by atoms with Gasteiger partial charge in [-0.05, 0) is 42.0 Å². The maximum absolute atomic E-state index is 12.8. The molecule has 0 atom stereocenters. The topological polar surface area (TPSA) is 107 Å². The first kappa shape index (κ1) is 20.2. The van der Waals surface area contributed by atoms with E-state index in [-0.39, 0.29) is 29.0 Å². The third-order valence-corrected chi connectivity index (χ3v) is 4.92. The van der Waals surface area contributed by atoms with Gasteiger partial charge in [-0.15, -0.1) is 0 Å². The number of ether oxygens (including phenoxy) is 1. The minimum absolute atomic E-state index is 0.0785. The molecule has 154 valence electrons. The number of carbonyl (C=O) groups excluding carboxylic acids is 3.